The molecule has 2 aromatic rings. The van der Waals surface area contributed by atoms with E-state index in [4.69, 9.17) is 0 Å². The van der Waals surface area contributed by atoms with Gasteiger partial charge in [0.15, 0.2) is 0 Å². The molecule has 25 heavy (non-hydrogen) atoms. The zero-order chi connectivity index (χ0) is 17.1. The van der Waals surface area contributed by atoms with Crippen LogP contribution in [0.15, 0.2) is 36.7 Å². The van der Waals surface area contributed by atoms with E-state index in [-0.39, 0.29) is 0 Å². The Morgan fingerprint density at radius 3 is 2.40 bits per heavy atom. The van der Waals surface area contributed by atoms with Gasteiger partial charge in [0.1, 0.15) is 12.2 Å². The Bertz CT molecular complexity index is 672. The van der Waals surface area contributed by atoms with E-state index in [1.54, 1.807) is 6.33 Å². The topological polar surface area (TPSA) is 37.2 Å². The number of benzene rings is 1. The largest absolute Gasteiger partial charge is 0.299 e. The van der Waals surface area contributed by atoms with Gasteiger partial charge in [-0.05, 0) is 56.8 Å². The average Bonchev–Trinajstić information content (AvgIpc) is 3.25. The molecular formula is C20H29N5. The molecule has 5 nitrogen and oxygen atoms in total. The van der Waals surface area contributed by atoms with Crippen molar-refractivity contribution in [3.05, 3.63) is 48.0 Å². The van der Waals surface area contributed by atoms with Crippen molar-refractivity contribution in [1.29, 1.82) is 0 Å². The number of aryl methyl sites for hydroxylation is 1. The third-order valence-corrected chi connectivity index (χ3v) is 6.04. The van der Waals surface area contributed by atoms with Crippen LogP contribution >= 0.6 is 0 Å². The predicted octanol–water partition coefficient (Wildman–Crippen LogP) is 2.79. The van der Waals surface area contributed by atoms with E-state index in [2.05, 4.69) is 57.1 Å². The maximum Gasteiger partial charge on any atom is 0.140 e. The van der Waals surface area contributed by atoms with Crippen LogP contribution in [0.1, 0.15) is 37.6 Å². The monoisotopic (exact) mass is 339 g/mol. The lowest BCUT2D eigenvalue weighted by atomic mass is 9.78. The van der Waals surface area contributed by atoms with Crippen molar-refractivity contribution < 1.29 is 0 Å². The Morgan fingerprint density at radius 1 is 0.960 bits per heavy atom. The van der Waals surface area contributed by atoms with Gasteiger partial charge in [-0.1, -0.05) is 30.3 Å². The summed E-state index contributed by atoms with van der Waals surface area (Å²) < 4.78 is 2.02. The number of hydrogen-bond acceptors (Lipinski definition) is 4. The van der Waals surface area contributed by atoms with Crippen LogP contribution in [0.5, 0.6) is 0 Å². The molecule has 2 saturated heterocycles. The highest BCUT2D eigenvalue weighted by Crippen LogP contribution is 2.40. The van der Waals surface area contributed by atoms with Gasteiger partial charge in [0.2, 0.25) is 0 Å². The molecule has 0 radical (unpaired) electrons. The number of nitrogens with zero attached hydrogens (tertiary/aromatic N) is 5. The highest BCUT2D eigenvalue weighted by Gasteiger charge is 2.40. The summed E-state index contributed by atoms with van der Waals surface area (Å²) in [6.07, 6.45) is 5.68. The van der Waals surface area contributed by atoms with Crippen LogP contribution < -0.4 is 0 Å². The quantitative estimate of drug-likeness (QED) is 0.839. The van der Waals surface area contributed by atoms with Crippen molar-refractivity contribution in [2.75, 3.05) is 26.2 Å². The van der Waals surface area contributed by atoms with Gasteiger partial charge in [0.25, 0.3) is 0 Å². The molecule has 0 atom stereocenters. The molecule has 0 saturated carbocycles. The van der Waals surface area contributed by atoms with Gasteiger partial charge in [-0.2, -0.15) is 5.10 Å². The van der Waals surface area contributed by atoms with E-state index in [9.17, 15) is 0 Å². The summed E-state index contributed by atoms with van der Waals surface area (Å²) in [5.74, 6) is 1.11. The lowest BCUT2D eigenvalue weighted by Gasteiger charge is -2.39. The minimum atomic E-state index is 0.545. The fourth-order valence-corrected chi connectivity index (χ4v) is 4.47. The zero-order valence-electron chi connectivity index (χ0n) is 15.3. The summed E-state index contributed by atoms with van der Waals surface area (Å²) in [6.45, 7) is 9.97. The molecular weight excluding hydrogens is 310 g/mol. The molecule has 1 aromatic heterocycles. The van der Waals surface area contributed by atoms with Crippen LogP contribution in [-0.4, -0.2) is 50.7 Å². The molecule has 2 fully saturated rings. The van der Waals surface area contributed by atoms with Gasteiger partial charge in [-0.25, -0.2) is 9.67 Å². The lowest BCUT2D eigenvalue weighted by Crippen LogP contribution is -2.41. The van der Waals surface area contributed by atoms with E-state index >= 15 is 0 Å². The van der Waals surface area contributed by atoms with E-state index in [1.165, 1.54) is 51.0 Å². The molecule has 4 rings (SSSR count). The fraction of sp³-hybridized carbons (Fsp3) is 0.600. The second-order valence-corrected chi connectivity index (χ2v) is 7.71. The van der Waals surface area contributed by atoms with E-state index in [1.807, 2.05) is 4.68 Å². The van der Waals surface area contributed by atoms with E-state index in [0.717, 1.165) is 25.5 Å². The van der Waals surface area contributed by atoms with Gasteiger partial charge in [-0.3, -0.25) is 9.80 Å². The van der Waals surface area contributed by atoms with Crippen molar-refractivity contribution >= 4 is 0 Å². The standard InChI is InChI=1S/C20H29N5/c1-2-25-19(21-17-22-25)15-23-11-8-20(9-12-23)10-13-24(16-20)14-18-6-4-3-5-7-18/h3-7,17H,2,8-16H2,1H3. The van der Waals surface area contributed by atoms with Crippen LogP contribution in [0.2, 0.25) is 0 Å². The van der Waals surface area contributed by atoms with Crippen molar-refractivity contribution in [3.63, 3.8) is 0 Å². The molecule has 134 valence electrons. The first-order valence-electron chi connectivity index (χ1n) is 9.62. The minimum Gasteiger partial charge on any atom is -0.299 e. The normalized spacial score (nSPS) is 21.2. The van der Waals surface area contributed by atoms with Gasteiger partial charge in [-0.15, -0.1) is 0 Å². The zero-order valence-corrected chi connectivity index (χ0v) is 15.3. The molecule has 5 heteroatoms. The number of rotatable bonds is 5. The van der Waals surface area contributed by atoms with Crippen LogP contribution in [0, 0.1) is 5.41 Å². The lowest BCUT2D eigenvalue weighted by molar-refractivity contribution is 0.0990. The fourth-order valence-electron chi connectivity index (χ4n) is 4.47. The number of aromatic nitrogens is 3. The van der Waals surface area contributed by atoms with Crippen LogP contribution in [0.4, 0.5) is 0 Å². The van der Waals surface area contributed by atoms with Gasteiger partial charge >= 0.3 is 0 Å². The average molecular weight is 339 g/mol. The second kappa shape index (κ2) is 7.26. The molecule has 1 spiro atoms. The molecule has 0 unspecified atom stereocenters. The van der Waals surface area contributed by atoms with Gasteiger partial charge < -0.3 is 0 Å². The van der Waals surface area contributed by atoms with Crippen molar-refractivity contribution in [2.45, 2.75) is 45.8 Å². The third kappa shape index (κ3) is 3.77. The number of likely N-dealkylation sites (tertiary alicyclic amines) is 2. The van der Waals surface area contributed by atoms with Crippen LogP contribution in [0.3, 0.4) is 0 Å². The summed E-state index contributed by atoms with van der Waals surface area (Å²) in [5.41, 5.74) is 1.99. The van der Waals surface area contributed by atoms with Crippen molar-refractivity contribution in [3.8, 4) is 0 Å². The molecule has 0 N–H and O–H groups in total. The summed E-state index contributed by atoms with van der Waals surface area (Å²) >= 11 is 0. The molecule has 1 aromatic carbocycles. The van der Waals surface area contributed by atoms with Gasteiger partial charge in [0.05, 0.1) is 6.54 Å². The third-order valence-electron chi connectivity index (χ3n) is 6.04. The molecule has 3 heterocycles. The van der Waals surface area contributed by atoms with Gasteiger partial charge in [0, 0.05) is 19.6 Å². The summed E-state index contributed by atoms with van der Waals surface area (Å²) in [7, 11) is 0. The summed E-state index contributed by atoms with van der Waals surface area (Å²) in [5, 5.41) is 4.29. The summed E-state index contributed by atoms with van der Waals surface area (Å²) in [6, 6.07) is 10.9. The molecule has 2 aliphatic heterocycles. The highest BCUT2D eigenvalue weighted by molar-refractivity contribution is 5.15. The Kier molecular flexibility index (Phi) is 4.86. The first-order valence-corrected chi connectivity index (χ1v) is 9.62. The first kappa shape index (κ1) is 16.7. The van der Waals surface area contributed by atoms with Crippen LogP contribution in [0.25, 0.3) is 0 Å². The first-order chi connectivity index (χ1) is 12.3. The van der Waals surface area contributed by atoms with Crippen molar-refractivity contribution in [2.24, 2.45) is 5.41 Å². The highest BCUT2D eigenvalue weighted by atomic mass is 15.3. The SMILES string of the molecule is CCn1ncnc1CN1CCC2(CC1)CCN(Cc1ccccc1)C2. The Morgan fingerprint density at radius 2 is 1.68 bits per heavy atom. The maximum absolute atomic E-state index is 4.43. The molecule has 0 aliphatic carbocycles. The Balaban J connectivity index is 1.30. The number of piperidine rings is 1. The molecule has 0 amide bonds. The smallest absolute Gasteiger partial charge is 0.140 e. The minimum absolute atomic E-state index is 0.545. The Labute approximate surface area is 150 Å². The van der Waals surface area contributed by atoms with E-state index in [0.29, 0.717) is 5.41 Å². The maximum atomic E-state index is 4.43. The Hall–Kier alpha value is -1.72. The van der Waals surface area contributed by atoms with E-state index < -0.39 is 0 Å². The number of hydrogen-bond donors (Lipinski definition) is 0. The molecule has 0 bridgehead atoms. The predicted molar refractivity (Wildman–Crippen MR) is 99.0 cm³/mol. The van der Waals surface area contributed by atoms with Crippen molar-refractivity contribution in [1.82, 2.24) is 24.6 Å². The second-order valence-electron chi connectivity index (χ2n) is 7.71. The van der Waals surface area contributed by atoms with Crippen LogP contribution in [-0.2, 0) is 19.6 Å². The summed E-state index contributed by atoms with van der Waals surface area (Å²) in [4.78, 5) is 9.64. The molecule has 2 aliphatic rings.